The van der Waals surface area contributed by atoms with Crippen LogP contribution in [0.4, 0.5) is 0 Å². The van der Waals surface area contributed by atoms with Gasteiger partial charge in [0.2, 0.25) is 0 Å². The standard InChI is InChI=1S/C51H78O15/c1-3-5-7-9-11-13-15-17-18-19-20-22-23-25-27-29-31-33-42(53)61-36-39(64-43(54)34-32-30-28-26-24-21-16-14-12-10-8-6-4-2)37-62-50-49(60)47(58)45(56)41(66-50)38-63-51-48(59)46(57)44(55)40(35-52)65-51/h5-20,22-23,39-41,44-52,55-60H,3-4,21,24-38H2,1-2H3/b7-5+,8-6+,11-9+,12-10+,15-13+,16-14+,18-17+,20-19+,23-22+/t39?,40-,41-,44+,45+,46?,47?,48?,49?,50-,51-/m1/s1. The molecule has 372 valence electrons. The molecule has 0 aromatic rings. The molecule has 0 aromatic carbocycles. The van der Waals surface area contributed by atoms with Gasteiger partial charge in [0.05, 0.1) is 19.8 Å². The highest BCUT2D eigenvalue weighted by Crippen LogP contribution is 2.26. The molecule has 0 saturated carbocycles. The highest BCUT2D eigenvalue weighted by molar-refractivity contribution is 5.70. The van der Waals surface area contributed by atoms with Crippen molar-refractivity contribution in [1.29, 1.82) is 0 Å². The van der Waals surface area contributed by atoms with Gasteiger partial charge in [0.15, 0.2) is 18.7 Å². The molecule has 0 aliphatic carbocycles. The topological polar surface area (TPSA) is 231 Å². The molecule has 5 unspecified atom stereocenters. The second-order valence-electron chi connectivity index (χ2n) is 16.0. The Kier molecular flexibility index (Phi) is 32.8. The summed E-state index contributed by atoms with van der Waals surface area (Å²) in [5.74, 6) is -1.02. The Morgan fingerprint density at radius 1 is 0.485 bits per heavy atom. The van der Waals surface area contributed by atoms with Crippen LogP contribution in [0.2, 0.25) is 0 Å². The van der Waals surface area contributed by atoms with Gasteiger partial charge < -0.3 is 64.2 Å². The fourth-order valence-electron chi connectivity index (χ4n) is 6.60. The van der Waals surface area contributed by atoms with Crippen LogP contribution in [0.3, 0.4) is 0 Å². The Bertz CT molecular complexity index is 1560. The first-order valence-corrected chi connectivity index (χ1v) is 23.6. The SMILES string of the molecule is CC/C=C/C=C/C=C/C=C/C=C/C=C/CCCCCC(=O)OCC(CO[C@@H]1O[C@H](CO[C@@H]2O[C@H](CO)[C@H](O)C(O)C2O)[C@H](O)C(O)C1O)OC(=O)CCCCCCC/C=C/C=C/C=C/CC. The lowest BCUT2D eigenvalue weighted by Gasteiger charge is -2.42. The minimum Gasteiger partial charge on any atom is -0.462 e. The van der Waals surface area contributed by atoms with E-state index >= 15 is 0 Å². The van der Waals surface area contributed by atoms with Crippen molar-refractivity contribution in [3.05, 3.63) is 109 Å². The molecule has 0 spiro atoms. The first-order chi connectivity index (χ1) is 32.0. The number of hydrogen-bond donors (Lipinski definition) is 7. The van der Waals surface area contributed by atoms with Gasteiger partial charge in [0.1, 0.15) is 55.4 Å². The molecule has 2 aliphatic heterocycles. The fraction of sp³-hybridized carbons (Fsp3) is 0.608. The molecule has 0 aromatic heterocycles. The molecule has 11 atom stereocenters. The van der Waals surface area contributed by atoms with Gasteiger partial charge in [-0.2, -0.15) is 0 Å². The molecular formula is C51H78O15. The molecule has 2 fully saturated rings. The molecule has 2 saturated heterocycles. The highest BCUT2D eigenvalue weighted by Gasteiger charge is 2.47. The van der Waals surface area contributed by atoms with Crippen LogP contribution in [-0.2, 0) is 38.0 Å². The fourth-order valence-corrected chi connectivity index (χ4v) is 6.60. The lowest BCUT2D eigenvalue weighted by atomic mass is 9.98. The monoisotopic (exact) mass is 931 g/mol. The van der Waals surface area contributed by atoms with E-state index in [0.29, 0.717) is 12.8 Å². The Balaban J connectivity index is 1.88. The van der Waals surface area contributed by atoms with E-state index in [-0.39, 0.29) is 19.4 Å². The Morgan fingerprint density at radius 3 is 1.44 bits per heavy atom. The quantitative estimate of drug-likeness (QED) is 0.0242. The smallest absolute Gasteiger partial charge is 0.306 e. The minimum absolute atomic E-state index is 0.124. The van der Waals surface area contributed by atoms with E-state index in [1.165, 1.54) is 0 Å². The van der Waals surface area contributed by atoms with E-state index in [4.69, 9.17) is 28.4 Å². The minimum atomic E-state index is -1.78. The zero-order valence-electron chi connectivity index (χ0n) is 38.9. The number of carbonyl (C=O) groups excluding carboxylic acids is 2. The van der Waals surface area contributed by atoms with Crippen molar-refractivity contribution in [2.45, 2.75) is 171 Å². The number of ether oxygens (including phenoxy) is 6. The van der Waals surface area contributed by atoms with Crippen molar-refractivity contribution < 1.29 is 73.8 Å². The predicted octanol–water partition coefficient (Wildman–Crippen LogP) is 5.59. The van der Waals surface area contributed by atoms with Gasteiger partial charge in [-0.05, 0) is 51.4 Å². The summed E-state index contributed by atoms with van der Waals surface area (Å²) >= 11 is 0. The molecule has 7 N–H and O–H groups in total. The van der Waals surface area contributed by atoms with Crippen LogP contribution in [0.5, 0.6) is 0 Å². The van der Waals surface area contributed by atoms with Crippen LogP contribution >= 0.6 is 0 Å². The number of unbranched alkanes of at least 4 members (excludes halogenated alkanes) is 8. The lowest BCUT2D eigenvalue weighted by molar-refractivity contribution is -0.332. The number of hydrogen-bond acceptors (Lipinski definition) is 15. The summed E-state index contributed by atoms with van der Waals surface area (Å²) in [5.41, 5.74) is 0. The van der Waals surface area contributed by atoms with Crippen molar-refractivity contribution in [3.8, 4) is 0 Å². The van der Waals surface area contributed by atoms with Crippen LogP contribution < -0.4 is 0 Å². The third kappa shape index (κ3) is 25.3. The van der Waals surface area contributed by atoms with Gasteiger partial charge in [-0.3, -0.25) is 9.59 Å². The zero-order valence-corrected chi connectivity index (χ0v) is 38.9. The van der Waals surface area contributed by atoms with Gasteiger partial charge in [0.25, 0.3) is 0 Å². The summed E-state index contributed by atoms with van der Waals surface area (Å²) in [6.07, 6.45) is 29.8. The van der Waals surface area contributed by atoms with Crippen molar-refractivity contribution >= 4 is 11.9 Å². The second-order valence-corrected chi connectivity index (χ2v) is 16.0. The number of esters is 2. The van der Waals surface area contributed by atoms with Crippen LogP contribution in [0.1, 0.15) is 104 Å². The third-order valence-electron chi connectivity index (χ3n) is 10.5. The first-order valence-electron chi connectivity index (χ1n) is 23.6. The Hall–Kier alpha value is -3.84. The normalized spacial score (nSPS) is 27.2. The average Bonchev–Trinajstić information content (AvgIpc) is 3.31. The lowest BCUT2D eigenvalue weighted by Crippen LogP contribution is -2.61. The third-order valence-corrected chi connectivity index (χ3v) is 10.5. The van der Waals surface area contributed by atoms with E-state index in [2.05, 4.69) is 38.2 Å². The van der Waals surface area contributed by atoms with Crippen molar-refractivity contribution in [3.63, 3.8) is 0 Å². The van der Waals surface area contributed by atoms with Crippen molar-refractivity contribution in [1.82, 2.24) is 0 Å². The van der Waals surface area contributed by atoms with Gasteiger partial charge in [-0.15, -0.1) is 0 Å². The Morgan fingerprint density at radius 2 is 0.909 bits per heavy atom. The van der Waals surface area contributed by atoms with Crippen LogP contribution in [0, 0.1) is 0 Å². The van der Waals surface area contributed by atoms with Crippen LogP contribution in [0.15, 0.2) is 109 Å². The molecule has 66 heavy (non-hydrogen) atoms. The van der Waals surface area contributed by atoms with E-state index in [0.717, 1.165) is 64.2 Å². The first kappa shape index (κ1) is 58.3. The molecule has 0 radical (unpaired) electrons. The molecular weight excluding hydrogens is 853 g/mol. The summed E-state index contributed by atoms with van der Waals surface area (Å²) in [5, 5.41) is 71.9. The second kappa shape index (κ2) is 37.2. The molecule has 2 heterocycles. The van der Waals surface area contributed by atoms with Crippen molar-refractivity contribution in [2.75, 3.05) is 26.4 Å². The summed E-state index contributed by atoms with van der Waals surface area (Å²) in [4.78, 5) is 25.7. The summed E-state index contributed by atoms with van der Waals surface area (Å²) < 4.78 is 33.4. The van der Waals surface area contributed by atoms with Gasteiger partial charge in [0, 0.05) is 12.8 Å². The maximum absolute atomic E-state index is 12.9. The average molecular weight is 931 g/mol. The summed E-state index contributed by atoms with van der Waals surface area (Å²) in [6.45, 7) is 2.19. The maximum Gasteiger partial charge on any atom is 0.306 e. The van der Waals surface area contributed by atoms with Gasteiger partial charge in [-0.25, -0.2) is 0 Å². The molecule has 0 amide bonds. The summed E-state index contributed by atoms with van der Waals surface area (Å²) in [7, 11) is 0. The zero-order chi connectivity index (χ0) is 48.2. The highest BCUT2D eigenvalue weighted by atomic mass is 16.7. The van der Waals surface area contributed by atoms with Crippen molar-refractivity contribution in [2.24, 2.45) is 0 Å². The molecule has 0 bridgehead atoms. The predicted molar refractivity (Wildman–Crippen MR) is 251 cm³/mol. The molecule has 2 aliphatic rings. The van der Waals surface area contributed by atoms with E-state index in [1.54, 1.807) is 0 Å². The van der Waals surface area contributed by atoms with E-state index in [9.17, 15) is 45.3 Å². The molecule has 15 nitrogen and oxygen atoms in total. The molecule has 2 rings (SSSR count). The number of rotatable bonds is 33. The number of allylic oxidation sites excluding steroid dienone is 18. The largest absolute Gasteiger partial charge is 0.462 e. The number of aliphatic hydroxyl groups is 7. The van der Waals surface area contributed by atoms with Crippen LogP contribution in [0.25, 0.3) is 0 Å². The maximum atomic E-state index is 12.9. The van der Waals surface area contributed by atoms with Gasteiger partial charge in [-0.1, -0.05) is 149 Å². The van der Waals surface area contributed by atoms with E-state index in [1.807, 2.05) is 85.1 Å². The van der Waals surface area contributed by atoms with Crippen LogP contribution in [-0.4, -0.2) is 142 Å². The summed E-state index contributed by atoms with van der Waals surface area (Å²) in [6, 6.07) is 0. The number of carbonyl (C=O) groups is 2. The molecule has 15 heteroatoms. The van der Waals surface area contributed by atoms with Gasteiger partial charge >= 0.3 is 11.9 Å². The number of aliphatic hydroxyl groups excluding tert-OH is 7. The Labute approximate surface area is 391 Å². The van der Waals surface area contributed by atoms with E-state index < -0.39 is 99.3 Å².